The van der Waals surface area contributed by atoms with Crippen molar-refractivity contribution in [1.82, 2.24) is 0 Å². The lowest BCUT2D eigenvalue weighted by Gasteiger charge is -2.03. The molecule has 0 atom stereocenters. The van der Waals surface area contributed by atoms with Crippen LogP contribution in [0.1, 0.15) is 11.1 Å². The van der Waals surface area contributed by atoms with Crippen molar-refractivity contribution in [1.29, 1.82) is 0 Å². The second-order valence-electron chi connectivity index (χ2n) is 3.22. The highest BCUT2D eigenvalue weighted by molar-refractivity contribution is 7.99. The maximum Gasteiger partial charge on any atom is 0.227 e. The highest BCUT2D eigenvalue weighted by Gasteiger charge is 2.03. The van der Waals surface area contributed by atoms with Gasteiger partial charge < -0.3 is 10.8 Å². The van der Waals surface area contributed by atoms with Crippen molar-refractivity contribution in [3.63, 3.8) is 0 Å². The molecule has 3 N–H and O–H groups in total. The standard InChI is InChI=1S/C12H12FNO2S/c13-11-4-3-10(7-17-8-12(14)16)9(6-11)2-1-5-15/h3-4,6,15H,5,7-8H2,(H2,14,16). The Morgan fingerprint density at radius 2 is 2.29 bits per heavy atom. The van der Waals surface area contributed by atoms with Crippen molar-refractivity contribution in [2.75, 3.05) is 12.4 Å². The number of benzene rings is 1. The number of hydrogen-bond donors (Lipinski definition) is 2. The number of carbonyl (C=O) groups is 1. The van der Waals surface area contributed by atoms with Gasteiger partial charge in [0.1, 0.15) is 12.4 Å². The molecule has 0 aliphatic heterocycles. The monoisotopic (exact) mass is 253 g/mol. The van der Waals surface area contributed by atoms with E-state index in [-0.39, 0.29) is 24.1 Å². The van der Waals surface area contributed by atoms with Crippen molar-refractivity contribution in [2.45, 2.75) is 5.75 Å². The van der Waals surface area contributed by atoms with E-state index < -0.39 is 0 Å². The summed E-state index contributed by atoms with van der Waals surface area (Å²) in [4.78, 5) is 10.6. The minimum absolute atomic E-state index is 0.213. The highest BCUT2D eigenvalue weighted by Crippen LogP contribution is 2.17. The van der Waals surface area contributed by atoms with Crippen LogP contribution in [0, 0.1) is 17.7 Å². The minimum atomic E-state index is -0.389. The Kier molecular flexibility index (Phi) is 5.53. The molecule has 0 bridgehead atoms. The fourth-order valence-electron chi connectivity index (χ4n) is 1.19. The number of thioether (sulfide) groups is 1. The lowest BCUT2D eigenvalue weighted by Crippen LogP contribution is -2.13. The van der Waals surface area contributed by atoms with Crippen molar-refractivity contribution in [2.24, 2.45) is 5.73 Å². The quantitative estimate of drug-likeness (QED) is 0.783. The summed E-state index contributed by atoms with van der Waals surface area (Å²) in [6.07, 6.45) is 0. The van der Waals surface area contributed by atoms with Crippen LogP contribution in [0.25, 0.3) is 0 Å². The van der Waals surface area contributed by atoms with E-state index in [0.29, 0.717) is 11.3 Å². The van der Waals surface area contributed by atoms with E-state index >= 15 is 0 Å². The molecule has 1 amide bonds. The third-order valence-electron chi connectivity index (χ3n) is 1.88. The van der Waals surface area contributed by atoms with Gasteiger partial charge in [-0.1, -0.05) is 17.9 Å². The van der Waals surface area contributed by atoms with E-state index in [4.69, 9.17) is 10.8 Å². The summed E-state index contributed by atoms with van der Waals surface area (Å²) in [6, 6.07) is 4.26. The van der Waals surface area contributed by atoms with Crippen LogP contribution < -0.4 is 5.73 Å². The number of aliphatic hydroxyl groups excluding tert-OH is 1. The van der Waals surface area contributed by atoms with E-state index in [0.717, 1.165) is 5.56 Å². The van der Waals surface area contributed by atoms with Gasteiger partial charge in [-0.25, -0.2) is 4.39 Å². The zero-order valence-electron chi connectivity index (χ0n) is 9.07. The first-order valence-corrected chi connectivity index (χ1v) is 6.03. The Hall–Kier alpha value is -1.51. The van der Waals surface area contributed by atoms with Crippen LogP contribution in [0.3, 0.4) is 0 Å². The molecule has 0 unspecified atom stereocenters. The molecule has 1 rings (SSSR count). The predicted octanol–water partition coefficient (Wildman–Crippen LogP) is 0.888. The molecule has 0 aliphatic rings. The van der Waals surface area contributed by atoms with Crippen LogP contribution >= 0.6 is 11.8 Å². The smallest absolute Gasteiger partial charge is 0.227 e. The lowest BCUT2D eigenvalue weighted by molar-refractivity contribution is -0.115. The van der Waals surface area contributed by atoms with Crippen molar-refractivity contribution >= 4 is 17.7 Å². The first-order valence-electron chi connectivity index (χ1n) is 4.87. The van der Waals surface area contributed by atoms with Crippen molar-refractivity contribution in [3.8, 4) is 11.8 Å². The van der Waals surface area contributed by atoms with Crippen LogP contribution in [0.15, 0.2) is 18.2 Å². The summed E-state index contributed by atoms with van der Waals surface area (Å²) in [5.74, 6) is 5.11. The molecule has 0 radical (unpaired) electrons. The van der Waals surface area contributed by atoms with E-state index in [1.54, 1.807) is 6.07 Å². The average Bonchev–Trinajstić information content (AvgIpc) is 2.28. The molecular formula is C12H12FNO2S. The summed E-state index contributed by atoms with van der Waals surface area (Å²) >= 11 is 1.34. The third kappa shape index (κ3) is 4.89. The van der Waals surface area contributed by atoms with Gasteiger partial charge in [-0.05, 0) is 17.7 Å². The predicted molar refractivity (Wildman–Crippen MR) is 65.7 cm³/mol. The minimum Gasteiger partial charge on any atom is -0.384 e. The Morgan fingerprint density at radius 1 is 1.53 bits per heavy atom. The van der Waals surface area contributed by atoms with Gasteiger partial charge in [0.15, 0.2) is 0 Å². The number of rotatable bonds is 4. The van der Waals surface area contributed by atoms with Gasteiger partial charge in [-0.2, -0.15) is 0 Å². The second-order valence-corrected chi connectivity index (χ2v) is 4.21. The fraction of sp³-hybridized carbons (Fsp3) is 0.250. The molecule has 0 saturated heterocycles. The van der Waals surface area contributed by atoms with Crippen LogP contribution in [-0.4, -0.2) is 23.4 Å². The lowest BCUT2D eigenvalue weighted by atomic mass is 10.1. The molecule has 1 aromatic rings. The Bertz CT molecular complexity index is 465. The summed E-state index contributed by atoms with van der Waals surface area (Å²) in [5.41, 5.74) is 6.36. The molecule has 17 heavy (non-hydrogen) atoms. The summed E-state index contributed by atoms with van der Waals surface area (Å²) in [6.45, 7) is -0.273. The van der Waals surface area contributed by atoms with E-state index in [2.05, 4.69) is 11.8 Å². The number of halogens is 1. The fourth-order valence-corrected chi connectivity index (χ4v) is 1.96. The summed E-state index contributed by atoms with van der Waals surface area (Å²) in [7, 11) is 0. The van der Waals surface area contributed by atoms with E-state index in [1.807, 2.05) is 0 Å². The Balaban J connectivity index is 2.79. The Labute approximate surface area is 103 Å². The molecule has 5 heteroatoms. The summed E-state index contributed by atoms with van der Waals surface area (Å²) < 4.78 is 13.0. The van der Waals surface area contributed by atoms with Gasteiger partial charge in [-0.3, -0.25) is 4.79 Å². The van der Waals surface area contributed by atoms with Crippen molar-refractivity contribution in [3.05, 3.63) is 35.1 Å². The van der Waals surface area contributed by atoms with Gasteiger partial charge in [0.05, 0.1) is 5.75 Å². The molecule has 0 aromatic heterocycles. The molecule has 3 nitrogen and oxygen atoms in total. The van der Waals surface area contributed by atoms with Gasteiger partial charge in [0.25, 0.3) is 0 Å². The van der Waals surface area contributed by atoms with E-state index in [9.17, 15) is 9.18 Å². The molecule has 0 heterocycles. The van der Waals surface area contributed by atoms with Crippen LogP contribution in [-0.2, 0) is 10.5 Å². The second kappa shape index (κ2) is 6.94. The van der Waals surface area contributed by atoms with Gasteiger partial charge in [-0.15, -0.1) is 11.8 Å². The third-order valence-corrected chi connectivity index (χ3v) is 2.88. The Morgan fingerprint density at radius 3 is 2.94 bits per heavy atom. The SMILES string of the molecule is NC(=O)CSCc1ccc(F)cc1C#CCO. The first-order chi connectivity index (χ1) is 8.13. The molecule has 0 spiro atoms. The number of aliphatic hydroxyl groups is 1. The highest BCUT2D eigenvalue weighted by atomic mass is 32.2. The number of carbonyl (C=O) groups excluding carboxylic acids is 1. The van der Waals surface area contributed by atoms with Gasteiger partial charge in [0.2, 0.25) is 5.91 Å². The largest absolute Gasteiger partial charge is 0.384 e. The van der Waals surface area contributed by atoms with Gasteiger partial charge in [0, 0.05) is 11.3 Å². The molecule has 1 aromatic carbocycles. The summed E-state index contributed by atoms with van der Waals surface area (Å²) in [5, 5.41) is 8.60. The van der Waals surface area contributed by atoms with E-state index in [1.165, 1.54) is 23.9 Å². The van der Waals surface area contributed by atoms with Crippen LogP contribution in [0.4, 0.5) is 4.39 Å². The van der Waals surface area contributed by atoms with Crippen LogP contribution in [0.2, 0.25) is 0 Å². The topological polar surface area (TPSA) is 63.3 Å². The molecule has 0 saturated carbocycles. The number of primary amides is 1. The molecule has 0 aliphatic carbocycles. The van der Waals surface area contributed by atoms with Crippen LogP contribution in [0.5, 0.6) is 0 Å². The molecule has 0 fully saturated rings. The zero-order chi connectivity index (χ0) is 12.7. The number of hydrogen-bond acceptors (Lipinski definition) is 3. The van der Waals surface area contributed by atoms with Crippen molar-refractivity contribution < 1.29 is 14.3 Å². The zero-order valence-corrected chi connectivity index (χ0v) is 9.89. The normalized spacial score (nSPS) is 9.53. The molecular weight excluding hydrogens is 241 g/mol. The van der Waals surface area contributed by atoms with Gasteiger partial charge >= 0.3 is 0 Å². The first kappa shape index (κ1) is 13.6. The maximum absolute atomic E-state index is 13.0. The number of nitrogens with two attached hydrogens (primary N) is 1. The molecule has 90 valence electrons. The average molecular weight is 253 g/mol. The maximum atomic E-state index is 13.0. The number of amides is 1.